The van der Waals surface area contributed by atoms with Crippen molar-refractivity contribution >= 4 is 67.8 Å². The second-order valence-electron chi connectivity index (χ2n) is 4.81. The minimum atomic E-state index is -0.0423. The standard InChI is InChI=1S/C15H10BrCl2N3OS/c1-7-9(16)5-12-14(19-7)21-15(20-12)23-6-13(22)8-2-3-10(17)11(18)4-8/h2-5H,6H2,1H3,(H,19,20,21). The van der Waals surface area contributed by atoms with Crippen LogP contribution in [0.1, 0.15) is 16.1 Å². The van der Waals surface area contributed by atoms with E-state index in [1.807, 2.05) is 13.0 Å². The topological polar surface area (TPSA) is 58.6 Å². The number of rotatable bonds is 4. The molecule has 0 radical (unpaired) electrons. The summed E-state index contributed by atoms with van der Waals surface area (Å²) in [5.74, 6) is 0.206. The van der Waals surface area contributed by atoms with Gasteiger partial charge < -0.3 is 4.98 Å². The number of aromatic amines is 1. The average Bonchev–Trinajstić information content (AvgIpc) is 2.90. The smallest absolute Gasteiger partial charge is 0.178 e. The molecular weight excluding hydrogens is 421 g/mol. The van der Waals surface area contributed by atoms with Crippen LogP contribution in [-0.4, -0.2) is 26.5 Å². The van der Waals surface area contributed by atoms with Gasteiger partial charge in [0.25, 0.3) is 0 Å². The summed E-state index contributed by atoms with van der Waals surface area (Å²) >= 11 is 16.6. The van der Waals surface area contributed by atoms with Crippen LogP contribution < -0.4 is 0 Å². The zero-order valence-electron chi connectivity index (χ0n) is 11.9. The molecular formula is C15H10BrCl2N3OS. The number of thioether (sulfide) groups is 1. The molecule has 1 N–H and O–H groups in total. The van der Waals surface area contributed by atoms with Crippen molar-refractivity contribution in [2.24, 2.45) is 0 Å². The third kappa shape index (κ3) is 3.71. The van der Waals surface area contributed by atoms with Gasteiger partial charge in [-0.1, -0.05) is 35.0 Å². The van der Waals surface area contributed by atoms with Crippen molar-refractivity contribution in [3.63, 3.8) is 0 Å². The highest BCUT2D eigenvalue weighted by Gasteiger charge is 2.12. The Morgan fingerprint density at radius 2 is 2.04 bits per heavy atom. The van der Waals surface area contributed by atoms with Crippen LogP contribution in [-0.2, 0) is 0 Å². The summed E-state index contributed by atoms with van der Waals surface area (Å²) in [5.41, 5.74) is 2.86. The lowest BCUT2D eigenvalue weighted by atomic mass is 10.1. The first-order valence-electron chi connectivity index (χ1n) is 6.58. The fourth-order valence-electron chi connectivity index (χ4n) is 1.94. The maximum atomic E-state index is 12.2. The molecule has 0 spiro atoms. The zero-order valence-corrected chi connectivity index (χ0v) is 15.8. The van der Waals surface area contributed by atoms with Crippen LogP contribution >= 0.6 is 50.9 Å². The summed E-state index contributed by atoms with van der Waals surface area (Å²) in [6, 6.07) is 6.79. The highest BCUT2D eigenvalue weighted by Crippen LogP contribution is 2.25. The fraction of sp³-hybridized carbons (Fsp3) is 0.133. The Labute approximate surface area is 155 Å². The summed E-state index contributed by atoms with van der Waals surface area (Å²) in [5, 5.41) is 1.45. The molecule has 8 heteroatoms. The number of imidazole rings is 1. The lowest BCUT2D eigenvalue weighted by Gasteiger charge is -2.01. The molecule has 3 aromatic rings. The summed E-state index contributed by atoms with van der Waals surface area (Å²) in [7, 11) is 0. The number of hydrogen-bond donors (Lipinski definition) is 1. The van der Waals surface area contributed by atoms with Gasteiger partial charge in [0.1, 0.15) is 0 Å². The number of benzene rings is 1. The van der Waals surface area contributed by atoms with E-state index in [0.717, 1.165) is 15.7 Å². The van der Waals surface area contributed by atoms with Crippen molar-refractivity contribution in [2.45, 2.75) is 12.1 Å². The number of ketones is 1. The van der Waals surface area contributed by atoms with Crippen molar-refractivity contribution in [1.82, 2.24) is 15.0 Å². The number of H-pyrrole nitrogens is 1. The van der Waals surface area contributed by atoms with E-state index in [4.69, 9.17) is 23.2 Å². The van der Waals surface area contributed by atoms with Gasteiger partial charge in [0.05, 0.1) is 27.0 Å². The number of carbonyl (C=O) groups is 1. The molecule has 0 amide bonds. The van der Waals surface area contributed by atoms with Crippen LogP contribution in [0.2, 0.25) is 10.0 Å². The molecule has 0 aliphatic heterocycles. The Kier molecular flexibility index (Phi) is 4.96. The molecule has 1 aromatic carbocycles. The second-order valence-corrected chi connectivity index (χ2v) is 7.44. The third-order valence-corrected chi connectivity index (χ3v) is 5.58. The van der Waals surface area contributed by atoms with Crippen LogP contribution in [0.4, 0.5) is 0 Å². The number of nitrogens with zero attached hydrogens (tertiary/aromatic N) is 2. The number of Topliss-reactive ketones (excluding diaryl/α,β-unsaturated/α-hetero) is 1. The molecule has 0 atom stereocenters. The molecule has 0 bridgehead atoms. The van der Waals surface area contributed by atoms with E-state index in [1.165, 1.54) is 11.8 Å². The van der Waals surface area contributed by atoms with E-state index in [1.54, 1.807) is 18.2 Å². The van der Waals surface area contributed by atoms with Gasteiger partial charge in [-0.05, 0) is 47.1 Å². The maximum Gasteiger partial charge on any atom is 0.178 e. The Hall–Kier alpha value is -1.08. The largest absolute Gasteiger partial charge is 0.331 e. The van der Waals surface area contributed by atoms with Crippen LogP contribution in [0.5, 0.6) is 0 Å². The van der Waals surface area contributed by atoms with Gasteiger partial charge >= 0.3 is 0 Å². The van der Waals surface area contributed by atoms with Crippen molar-refractivity contribution < 1.29 is 4.79 Å². The molecule has 0 saturated heterocycles. The zero-order chi connectivity index (χ0) is 16.6. The van der Waals surface area contributed by atoms with Crippen molar-refractivity contribution in [3.8, 4) is 0 Å². The fourth-order valence-corrected chi connectivity index (χ4v) is 3.32. The number of halogens is 3. The number of carbonyl (C=O) groups excluding carboxylic acids is 1. The van der Waals surface area contributed by atoms with Gasteiger partial charge in [-0.3, -0.25) is 4.79 Å². The summed E-state index contributed by atoms with van der Waals surface area (Å²) in [6.07, 6.45) is 0. The predicted octanol–water partition coefficient (Wildman–Crippen LogP) is 5.31. The number of hydrogen-bond acceptors (Lipinski definition) is 4. The Bertz CT molecular complexity index is 874. The van der Waals surface area contributed by atoms with Crippen molar-refractivity contribution in [2.75, 3.05) is 5.75 Å². The van der Waals surface area contributed by atoms with Gasteiger partial charge in [0, 0.05) is 10.0 Å². The minimum Gasteiger partial charge on any atom is -0.331 e. The monoisotopic (exact) mass is 429 g/mol. The van der Waals surface area contributed by atoms with E-state index >= 15 is 0 Å². The number of aryl methyl sites for hydroxylation is 1. The molecule has 0 aliphatic rings. The molecule has 2 heterocycles. The first-order valence-corrected chi connectivity index (χ1v) is 9.11. The van der Waals surface area contributed by atoms with E-state index in [-0.39, 0.29) is 11.5 Å². The van der Waals surface area contributed by atoms with Gasteiger partial charge in [0.2, 0.25) is 0 Å². The Balaban J connectivity index is 1.74. The van der Waals surface area contributed by atoms with Crippen molar-refractivity contribution in [3.05, 3.63) is 50.0 Å². The molecule has 0 saturated carbocycles. The van der Waals surface area contributed by atoms with Crippen LogP contribution in [0, 0.1) is 6.92 Å². The van der Waals surface area contributed by atoms with E-state index in [2.05, 4.69) is 30.9 Å². The quantitative estimate of drug-likeness (QED) is 0.450. The number of aromatic nitrogens is 3. The normalized spacial score (nSPS) is 11.1. The first kappa shape index (κ1) is 16.8. The lowest BCUT2D eigenvalue weighted by molar-refractivity contribution is 0.102. The van der Waals surface area contributed by atoms with Gasteiger partial charge in [-0.15, -0.1) is 0 Å². The SMILES string of the molecule is Cc1nc2nc(SCC(=O)c3ccc(Cl)c(Cl)c3)[nH]c2cc1Br. The van der Waals surface area contributed by atoms with Crippen LogP contribution in [0.3, 0.4) is 0 Å². The van der Waals surface area contributed by atoms with Crippen LogP contribution in [0.25, 0.3) is 11.2 Å². The van der Waals surface area contributed by atoms with Crippen LogP contribution in [0.15, 0.2) is 33.9 Å². The highest BCUT2D eigenvalue weighted by atomic mass is 79.9. The molecule has 0 unspecified atom stereocenters. The molecule has 0 aliphatic carbocycles. The van der Waals surface area contributed by atoms with Gasteiger partial charge in [-0.2, -0.15) is 0 Å². The molecule has 118 valence electrons. The predicted molar refractivity (Wildman–Crippen MR) is 97.8 cm³/mol. The molecule has 23 heavy (non-hydrogen) atoms. The summed E-state index contributed by atoms with van der Waals surface area (Å²) in [4.78, 5) is 24.1. The third-order valence-electron chi connectivity index (χ3n) is 3.16. The van der Waals surface area contributed by atoms with Gasteiger partial charge in [0.15, 0.2) is 16.6 Å². The molecule has 3 rings (SSSR count). The molecule has 0 fully saturated rings. The average molecular weight is 431 g/mol. The summed E-state index contributed by atoms with van der Waals surface area (Å²) < 4.78 is 0.914. The maximum absolute atomic E-state index is 12.2. The highest BCUT2D eigenvalue weighted by molar-refractivity contribution is 9.10. The Morgan fingerprint density at radius 3 is 2.78 bits per heavy atom. The summed E-state index contributed by atoms with van der Waals surface area (Å²) in [6.45, 7) is 1.90. The molecule has 4 nitrogen and oxygen atoms in total. The number of nitrogens with one attached hydrogen (secondary N) is 1. The van der Waals surface area contributed by atoms with Crippen molar-refractivity contribution in [1.29, 1.82) is 0 Å². The van der Waals surface area contributed by atoms with E-state index in [0.29, 0.717) is 26.4 Å². The lowest BCUT2D eigenvalue weighted by Crippen LogP contribution is -2.02. The number of fused-ring (bicyclic) bond motifs is 1. The second kappa shape index (κ2) is 6.81. The van der Waals surface area contributed by atoms with Gasteiger partial charge in [-0.25, -0.2) is 9.97 Å². The van der Waals surface area contributed by atoms with E-state index in [9.17, 15) is 4.79 Å². The minimum absolute atomic E-state index is 0.0423. The Morgan fingerprint density at radius 1 is 1.26 bits per heavy atom. The molecule has 2 aromatic heterocycles. The number of pyridine rings is 1. The first-order chi connectivity index (χ1) is 10.9. The van der Waals surface area contributed by atoms with E-state index < -0.39 is 0 Å².